The molecule has 0 aliphatic carbocycles. The van der Waals surface area contributed by atoms with Crippen molar-refractivity contribution in [2.75, 3.05) is 5.32 Å². The Hall–Kier alpha value is -3.67. The molecule has 6 heteroatoms. The smallest absolute Gasteiger partial charge is 0.255 e. The van der Waals surface area contributed by atoms with Gasteiger partial charge in [-0.05, 0) is 73.0 Å². The minimum absolute atomic E-state index is 0.238. The minimum Gasteiger partial charge on any atom is -0.321 e. The fraction of sp³-hybridized carbons (Fsp3) is 0.0909. The van der Waals surface area contributed by atoms with Crippen molar-refractivity contribution >= 4 is 22.5 Å². The van der Waals surface area contributed by atoms with Gasteiger partial charge in [0.2, 0.25) is 0 Å². The van der Waals surface area contributed by atoms with Crippen molar-refractivity contribution in [1.82, 2.24) is 15.2 Å². The molecule has 0 bridgehead atoms. The summed E-state index contributed by atoms with van der Waals surface area (Å²) in [7, 11) is 0. The van der Waals surface area contributed by atoms with E-state index in [4.69, 9.17) is 0 Å². The lowest BCUT2D eigenvalue weighted by Crippen LogP contribution is -2.13. The second-order valence-corrected chi connectivity index (χ2v) is 6.60. The maximum absolute atomic E-state index is 14.2. The Morgan fingerprint density at radius 1 is 1.04 bits per heavy atom. The third-order valence-corrected chi connectivity index (χ3v) is 4.49. The first-order valence-corrected chi connectivity index (χ1v) is 8.77. The number of fused-ring (bicyclic) bond motifs is 1. The molecule has 0 fully saturated rings. The van der Waals surface area contributed by atoms with E-state index >= 15 is 0 Å². The van der Waals surface area contributed by atoms with Crippen LogP contribution in [0.3, 0.4) is 0 Å². The fourth-order valence-corrected chi connectivity index (χ4v) is 3.14. The second kappa shape index (κ2) is 7.15. The molecule has 2 aromatic heterocycles. The largest absolute Gasteiger partial charge is 0.321 e. The summed E-state index contributed by atoms with van der Waals surface area (Å²) < 4.78 is 14.2. The number of carbonyl (C=O) groups is 1. The lowest BCUT2D eigenvalue weighted by Gasteiger charge is -2.11. The number of halogens is 1. The van der Waals surface area contributed by atoms with Gasteiger partial charge >= 0.3 is 0 Å². The molecular weight excluding hydrogens is 355 g/mol. The van der Waals surface area contributed by atoms with E-state index in [1.54, 1.807) is 36.7 Å². The van der Waals surface area contributed by atoms with Crippen LogP contribution in [0.25, 0.3) is 22.0 Å². The van der Waals surface area contributed by atoms with Crippen molar-refractivity contribution in [1.29, 1.82) is 0 Å². The van der Waals surface area contributed by atoms with Gasteiger partial charge in [0.05, 0.1) is 16.9 Å². The predicted molar refractivity (Wildman–Crippen MR) is 107 cm³/mol. The molecule has 0 aliphatic heterocycles. The van der Waals surface area contributed by atoms with Crippen LogP contribution in [0.1, 0.15) is 21.6 Å². The summed E-state index contributed by atoms with van der Waals surface area (Å²) in [6.45, 7) is 3.73. The van der Waals surface area contributed by atoms with Crippen LogP contribution >= 0.6 is 0 Å². The predicted octanol–water partition coefficient (Wildman–Crippen LogP) is 4.70. The summed E-state index contributed by atoms with van der Waals surface area (Å²) in [6, 6.07) is 13.4. The lowest BCUT2D eigenvalue weighted by molar-refractivity contribution is 0.102. The van der Waals surface area contributed by atoms with Gasteiger partial charge in [0.1, 0.15) is 5.82 Å². The van der Waals surface area contributed by atoms with Crippen LogP contribution in [0.2, 0.25) is 0 Å². The number of anilines is 1. The topological polar surface area (TPSA) is 67.8 Å². The molecule has 0 saturated carbocycles. The number of aromatic nitrogens is 3. The Balaban J connectivity index is 1.72. The highest BCUT2D eigenvalue weighted by Crippen LogP contribution is 2.26. The molecule has 0 radical (unpaired) electrons. The molecule has 0 aliphatic rings. The molecule has 1 N–H and O–H groups in total. The van der Waals surface area contributed by atoms with E-state index in [1.807, 2.05) is 26.0 Å². The molecule has 4 aromatic rings. The molecule has 0 atom stereocenters. The Labute approximate surface area is 161 Å². The minimum atomic E-state index is -0.474. The first kappa shape index (κ1) is 17.7. The van der Waals surface area contributed by atoms with Crippen molar-refractivity contribution < 1.29 is 9.18 Å². The summed E-state index contributed by atoms with van der Waals surface area (Å²) in [4.78, 5) is 16.9. The van der Waals surface area contributed by atoms with E-state index in [1.165, 1.54) is 12.1 Å². The quantitative estimate of drug-likeness (QED) is 0.566. The average molecular weight is 372 g/mol. The van der Waals surface area contributed by atoms with Crippen molar-refractivity contribution in [3.05, 3.63) is 83.6 Å². The highest BCUT2D eigenvalue weighted by molar-refractivity contribution is 6.09. The van der Waals surface area contributed by atoms with E-state index in [2.05, 4.69) is 20.5 Å². The average Bonchev–Trinajstić information content (AvgIpc) is 2.68. The number of carbonyl (C=O) groups excluding carboxylic acids is 1. The number of benzene rings is 2. The van der Waals surface area contributed by atoms with Crippen LogP contribution in [0.15, 0.2) is 60.9 Å². The van der Waals surface area contributed by atoms with E-state index in [-0.39, 0.29) is 5.56 Å². The Kier molecular flexibility index (Phi) is 4.53. The van der Waals surface area contributed by atoms with Crippen molar-refractivity contribution in [2.45, 2.75) is 13.8 Å². The number of nitrogens with one attached hydrogen (secondary N) is 1. The standard InChI is InChI=1S/C22H17FN4O/c1-13-12-24-7-6-18(13)15-9-16(11-17(23)10-15)22(28)25-20-4-3-5-21-19(20)8-14(2)26-27-21/h3-12H,1-2H3,(H,25,28). The number of amides is 1. The van der Waals surface area contributed by atoms with Crippen LogP contribution in [0, 0.1) is 19.7 Å². The number of nitrogens with zero attached hydrogens (tertiary/aromatic N) is 3. The Morgan fingerprint density at radius 3 is 2.71 bits per heavy atom. The van der Waals surface area contributed by atoms with E-state index < -0.39 is 11.7 Å². The summed E-state index contributed by atoms with van der Waals surface area (Å²) in [5.41, 5.74) is 4.63. The number of hydrogen-bond acceptors (Lipinski definition) is 4. The molecule has 0 unspecified atom stereocenters. The van der Waals surface area contributed by atoms with Crippen molar-refractivity contribution in [3.8, 4) is 11.1 Å². The molecule has 0 spiro atoms. The first-order valence-electron chi connectivity index (χ1n) is 8.77. The zero-order chi connectivity index (χ0) is 19.7. The van der Waals surface area contributed by atoms with Crippen LogP contribution < -0.4 is 5.32 Å². The fourth-order valence-electron chi connectivity index (χ4n) is 3.14. The molecule has 4 rings (SSSR count). The van der Waals surface area contributed by atoms with E-state index in [0.29, 0.717) is 16.8 Å². The maximum atomic E-state index is 14.2. The Morgan fingerprint density at radius 2 is 1.89 bits per heavy atom. The zero-order valence-corrected chi connectivity index (χ0v) is 15.4. The number of hydrogen-bond donors (Lipinski definition) is 1. The van der Waals surface area contributed by atoms with Crippen molar-refractivity contribution in [3.63, 3.8) is 0 Å². The van der Waals surface area contributed by atoms with Crippen LogP contribution in [-0.2, 0) is 0 Å². The molecule has 138 valence electrons. The summed E-state index contributed by atoms with van der Waals surface area (Å²) >= 11 is 0. The van der Waals surface area contributed by atoms with Gasteiger partial charge in [-0.2, -0.15) is 10.2 Å². The second-order valence-electron chi connectivity index (χ2n) is 6.60. The van der Waals surface area contributed by atoms with Crippen LogP contribution in [0.4, 0.5) is 10.1 Å². The molecule has 5 nitrogen and oxygen atoms in total. The van der Waals surface area contributed by atoms with Gasteiger partial charge in [-0.3, -0.25) is 9.78 Å². The lowest BCUT2D eigenvalue weighted by atomic mass is 10.00. The molecule has 2 heterocycles. The van der Waals surface area contributed by atoms with Gasteiger partial charge in [-0.15, -0.1) is 0 Å². The van der Waals surface area contributed by atoms with Gasteiger partial charge in [0.15, 0.2) is 0 Å². The molecule has 0 saturated heterocycles. The summed E-state index contributed by atoms with van der Waals surface area (Å²) in [5, 5.41) is 11.8. The van der Waals surface area contributed by atoms with Gasteiger partial charge in [0.25, 0.3) is 5.91 Å². The van der Waals surface area contributed by atoms with Crippen molar-refractivity contribution in [2.24, 2.45) is 0 Å². The normalized spacial score (nSPS) is 10.8. The highest BCUT2D eigenvalue weighted by atomic mass is 19.1. The summed E-state index contributed by atoms with van der Waals surface area (Å²) in [5.74, 6) is -0.868. The zero-order valence-electron chi connectivity index (χ0n) is 15.4. The van der Waals surface area contributed by atoms with Crippen LogP contribution in [-0.4, -0.2) is 21.1 Å². The molecule has 28 heavy (non-hydrogen) atoms. The van der Waals surface area contributed by atoms with Gasteiger partial charge in [-0.25, -0.2) is 4.39 Å². The number of aryl methyl sites for hydroxylation is 2. The van der Waals surface area contributed by atoms with Crippen LogP contribution in [0.5, 0.6) is 0 Å². The van der Waals surface area contributed by atoms with E-state index in [9.17, 15) is 9.18 Å². The van der Waals surface area contributed by atoms with Gasteiger partial charge in [0, 0.05) is 23.3 Å². The maximum Gasteiger partial charge on any atom is 0.255 e. The molecular formula is C22H17FN4O. The first-order chi connectivity index (χ1) is 13.5. The van der Waals surface area contributed by atoms with Gasteiger partial charge in [-0.1, -0.05) is 6.07 Å². The monoisotopic (exact) mass is 372 g/mol. The molecule has 2 aromatic carbocycles. The third-order valence-electron chi connectivity index (χ3n) is 4.49. The SMILES string of the molecule is Cc1cc2c(NC(=O)c3cc(F)cc(-c4ccncc4C)c3)cccc2nn1. The third kappa shape index (κ3) is 3.44. The summed E-state index contributed by atoms with van der Waals surface area (Å²) in [6.07, 6.45) is 3.35. The number of pyridine rings is 1. The van der Waals surface area contributed by atoms with Gasteiger partial charge < -0.3 is 5.32 Å². The van der Waals surface area contributed by atoms with E-state index in [0.717, 1.165) is 22.2 Å². The highest BCUT2D eigenvalue weighted by Gasteiger charge is 2.13. The Bertz CT molecular complexity index is 1210. The molecule has 1 amide bonds. The number of rotatable bonds is 3.